The number of likely N-dealkylation sites (N-methyl/N-ethyl adjacent to an activating group) is 1. The van der Waals surface area contributed by atoms with Crippen LogP contribution in [0.1, 0.15) is 45.4 Å². The SMILES string of the molecule is CNC(C)C(=O)NC(C(=O)N1CCC2NCC(Oc3ccc4ccccc4c3)C21)C1CCCCC1. The molecule has 2 heterocycles. The molecule has 5 unspecified atom stereocenters. The summed E-state index contributed by atoms with van der Waals surface area (Å²) in [6.45, 7) is 3.24. The van der Waals surface area contributed by atoms with Crippen LogP contribution in [0, 0.1) is 5.92 Å². The molecule has 7 nitrogen and oxygen atoms in total. The Bertz CT molecular complexity index is 1050. The van der Waals surface area contributed by atoms with Crippen LogP contribution in [-0.2, 0) is 9.59 Å². The van der Waals surface area contributed by atoms with Crippen LogP contribution in [0.4, 0.5) is 0 Å². The number of fused-ring (bicyclic) bond motifs is 2. The molecule has 2 saturated heterocycles. The molecule has 1 saturated carbocycles. The van der Waals surface area contributed by atoms with E-state index in [9.17, 15) is 9.59 Å². The number of nitrogens with zero attached hydrogens (tertiary/aromatic N) is 1. The molecule has 5 rings (SSSR count). The summed E-state index contributed by atoms with van der Waals surface area (Å²) in [5, 5.41) is 12.0. The molecule has 2 aromatic rings. The number of hydrogen-bond donors (Lipinski definition) is 3. The van der Waals surface area contributed by atoms with Crippen molar-refractivity contribution in [1.29, 1.82) is 0 Å². The van der Waals surface area contributed by atoms with Gasteiger partial charge in [-0.25, -0.2) is 0 Å². The van der Waals surface area contributed by atoms with E-state index in [-0.39, 0.29) is 42.0 Å². The van der Waals surface area contributed by atoms with E-state index in [0.717, 1.165) is 43.2 Å². The minimum absolute atomic E-state index is 0.0290. The van der Waals surface area contributed by atoms with Crippen molar-refractivity contribution in [3.8, 4) is 5.75 Å². The molecule has 188 valence electrons. The second-order valence-corrected chi connectivity index (χ2v) is 10.4. The van der Waals surface area contributed by atoms with E-state index in [1.54, 1.807) is 7.05 Å². The summed E-state index contributed by atoms with van der Waals surface area (Å²) in [7, 11) is 1.77. The van der Waals surface area contributed by atoms with Crippen molar-refractivity contribution in [2.45, 2.75) is 75.7 Å². The highest BCUT2D eigenvalue weighted by atomic mass is 16.5. The standard InChI is InChI=1S/C28H38N4O3/c1-18(29-2)27(33)31-25(20-9-4-3-5-10-20)28(34)32-15-14-23-26(32)24(17-30-23)35-22-13-12-19-8-6-7-11-21(19)16-22/h6-8,11-13,16,18,20,23-26,29-30H,3-5,9-10,14-15,17H2,1-2H3,(H,31,33). The largest absolute Gasteiger partial charge is 0.487 e. The van der Waals surface area contributed by atoms with Gasteiger partial charge in [0.15, 0.2) is 0 Å². The summed E-state index contributed by atoms with van der Waals surface area (Å²) in [6.07, 6.45) is 6.21. The summed E-state index contributed by atoms with van der Waals surface area (Å²) >= 11 is 0. The maximum atomic E-state index is 14.0. The third kappa shape index (κ3) is 5.02. The molecule has 35 heavy (non-hydrogen) atoms. The lowest BCUT2D eigenvalue weighted by atomic mass is 9.83. The first-order valence-electron chi connectivity index (χ1n) is 13.2. The lowest BCUT2D eigenvalue weighted by Gasteiger charge is -2.36. The Kier molecular flexibility index (Phi) is 7.25. The molecule has 3 aliphatic rings. The maximum absolute atomic E-state index is 14.0. The molecule has 0 radical (unpaired) electrons. The van der Waals surface area contributed by atoms with Crippen LogP contribution in [0.25, 0.3) is 10.8 Å². The van der Waals surface area contributed by atoms with E-state index >= 15 is 0 Å². The first-order valence-corrected chi connectivity index (χ1v) is 13.2. The lowest BCUT2D eigenvalue weighted by molar-refractivity contribution is -0.140. The van der Waals surface area contributed by atoms with E-state index in [1.807, 2.05) is 30.0 Å². The number of rotatable bonds is 7. The minimum Gasteiger partial charge on any atom is -0.487 e. The van der Waals surface area contributed by atoms with Crippen molar-refractivity contribution in [2.75, 3.05) is 20.1 Å². The zero-order chi connectivity index (χ0) is 24.4. The predicted molar refractivity (Wildman–Crippen MR) is 137 cm³/mol. The average molecular weight is 479 g/mol. The second kappa shape index (κ2) is 10.5. The number of amides is 2. The fourth-order valence-electron chi connectivity index (χ4n) is 6.11. The third-order valence-electron chi connectivity index (χ3n) is 8.22. The van der Waals surface area contributed by atoms with Gasteiger partial charge in [0.1, 0.15) is 17.9 Å². The lowest BCUT2D eigenvalue weighted by Crippen LogP contribution is -2.58. The van der Waals surface area contributed by atoms with Crippen LogP contribution in [-0.4, -0.2) is 67.1 Å². The number of benzene rings is 2. The molecule has 2 aliphatic heterocycles. The van der Waals surface area contributed by atoms with E-state index in [2.05, 4.69) is 40.2 Å². The number of ether oxygens (including phenoxy) is 1. The van der Waals surface area contributed by atoms with Crippen LogP contribution >= 0.6 is 0 Å². The number of nitrogens with one attached hydrogen (secondary N) is 3. The quantitative estimate of drug-likeness (QED) is 0.570. The molecule has 2 amide bonds. The van der Waals surface area contributed by atoms with E-state index in [1.165, 1.54) is 11.8 Å². The Hall–Kier alpha value is -2.64. The Morgan fingerprint density at radius 2 is 1.83 bits per heavy atom. The van der Waals surface area contributed by atoms with Gasteiger partial charge in [0.25, 0.3) is 0 Å². The summed E-state index contributed by atoms with van der Waals surface area (Å²) in [5.74, 6) is 0.963. The topological polar surface area (TPSA) is 82.7 Å². The second-order valence-electron chi connectivity index (χ2n) is 10.4. The average Bonchev–Trinajstić information content (AvgIpc) is 3.49. The predicted octanol–water partition coefficient (Wildman–Crippen LogP) is 2.83. The van der Waals surface area contributed by atoms with Crippen molar-refractivity contribution in [3.63, 3.8) is 0 Å². The molecular formula is C28H38N4O3. The van der Waals surface area contributed by atoms with Crippen molar-refractivity contribution in [1.82, 2.24) is 20.9 Å². The molecule has 5 atom stereocenters. The van der Waals surface area contributed by atoms with Gasteiger partial charge in [-0.3, -0.25) is 9.59 Å². The van der Waals surface area contributed by atoms with E-state index in [0.29, 0.717) is 13.1 Å². The molecular weight excluding hydrogens is 440 g/mol. The molecule has 3 N–H and O–H groups in total. The van der Waals surface area contributed by atoms with Gasteiger partial charge in [-0.2, -0.15) is 0 Å². The summed E-state index contributed by atoms with van der Waals surface area (Å²) in [4.78, 5) is 28.8. The summed E-state index contributed by atoms with van der Waals surface area (Å²) in [6, 6.07) is 13.8. The zero-order valence-electron chi connectivity index (χ0n) is 20.8. The van der Waals surface area contributed by atoms with Crippen LogP contribution in [0.3, 0.4) is 0 Å². The normalized spacial score (nSPS) is 26.3. The fourth-order valence-corrected chi connectivity index (χ4v) is 6.11. The van der Waals surface area contributed by atoms with Crippen molar-refractivity contribution < 1.29 is 14.3 Å². The highest BCUT2D eigenvalue weighted by Gasteiger charge is 2.49. The van der Waals surface area contributed by atoms with Gasteiger partial charge in [-0.15, -0.1) is 0 Å². The molecule has 1 aliphatic carbocycles. The molecule has 0 aromatic heterocycles. The van der Waals surface area contributed by atoms with Crippen molar-refractivity contribution >= 4 is 22.6 Å². The third-order valence-corrected chi connectivity index (χ3v) is 8.22. The fraction of sp³-hybridized carbons (Fsp3) is 0.571. The molecule has 0 spiro atoms. The molecule has 2 aromatic carbocycles. The van der Waals surface area contributed by atoms with Crippen LogP contribution in [0.2, 0.25) is 0 Å². The van der Waals surface area contributed by atoms with E-state index in [4.69, 9.17) is 4.74 Å². The Morgan fingerprint density at radius 3 is 2.60 bits per heavy atom. The van der Waals surface area contributed by atoms with E-state index < -0.39 is 6.04 Å². The number of hydrogen-bond acceptors (Lipinski definition) is 5. The number of likely N-dealkylation sites (tertiary alicyclic amines) is 1. The Morgan fingerprint density at radius 1 is 1.06 bits per heavy atom. The first kappa shape index (κ1) is 24.1. The molecule has 3 fully saturated rings. The number of carbonyl (C=O) groups excluding carboxylic acids is 2. The first-order chi connectivity index (χ1) is 17.0. The van der Waals surface area contributed by atoms with Gasteiger partial charge in [-0.1, -0.05) is 49.6 Å². The summed E-state index contributed by atoms with van der Waals surface area (Å²) in [5.41, 5.74) is 0. The van der Waals surface area contributed by atoms with Crippen molar-refractivity contribution in [3.05, 3.63) is 42.5 Å². The van der Waals surface area contributed by atoms with Gasteiger partial charge >= 0.3 is 0 Å². The minimum atomic E-state index is -0.473. The highest BCUT2D eigenvalue weighted by molar-refractivity contribution is 5.90. The molecule has 7 heteroatoms. The number of carbonyl (C=O) groups is 2. The zero-order valence-corrected chi connectivity index (χ0v) is 20.8. The van der Waals surface area contributed by atoms with Gasteiger partial charge in [-0.05, 0) is 62.1 Å². The smallest absolute Gasteiger partial charge is 0.245 e. The van der Waals surface area contributed by atoms with Crippen molar-refractivity contribution in [2.24, 2.45) is 5.92 Å². The van der Waals surface area contributed by atoms with Crippen LogP contribution in [0.5, 0.6) is 5.75 Å². The Labute approximate surface area is 208 Å². The van der Waals surface area contributed by atoms with Gasteiger partial charge < -0.3 is 25.6 Å². The van der Waals surface area contributed by atoms with Crippen LogP contribution in [0.15, 0.2) is 42.5 Å². The van der Waals surface area contributed by atoms with Gasteiger partial charge in [0.2, 0.25) is 11.8 Å². The maximum Gasteiger partial charge on any atom is 0.245 e. The highest BCUT2D eigenvalue weighted by Crippen LogP contribution is 2.33. The van der Waals surface area contributed by atoms with Crippen LogP contribution < -0.4 is 20.7 Å². The van der Waals surface area contributed by atoms with Gasteiger partial charge in [0, 0.05) is 19.1 Å². The molecule has 0 bridgehead atoms. The monoisotopic (exact) mass is 478 g/mol. The Balaban J connectivity index is 1.34. The summed E-state index contributed by atoms with van der Waals surface area (Å²) < 4.78 is 6.49. The van der Waals surface area contributed by atoms with Gasteiger partial charge in [0.05, 0.1) is 12.1 Å².